The van der Waals surface area contributed by atoms with Gasteiger partial charge in [0.2, 0.25) is 0 Å². The monoisotopic (exact) mass is 489 g/mol. The molecule has 0 amide bonds. The van der Waals surface area contributed by atoms with Gasteiger partial charge in [0.25, 0.3) is 5.96 Å². The molecule has 182 valence electrons. The molecule has 1 aliphatic heterocycles. The van der Waals surface area contributed by atoms with Crippen LogP contribution in [0.5, 0.6) is 0 Å². The van der Waals surface area contributed by atoms with Crippen LogP contribution in [0, 0.1) is 0 Å². The summed E-state index contributed by atoms with van der Waals surface area (Å²) in [6.07, 6.45) is 0. The van der Waals surface area contributed by atoms with Crippen molar-refractivity contribution in [2.75, 3.05) is 22.6 Å². The molecule has 0 radical (unpaired) electrons. The van der Waals surface area contributed by atoms with E-state index >= 15 is 0 Å². The molecule has 0 spiro atoms. The van der Waals surface area contributed by atoms with E-state index in [-0.39, 0.29) is 0 Å². The predicted octanol–water partition coefficient (Wildman–Crippen LogP) is 3.52. The lowest BCUT2D eigenvalue weighted by atomic mass is 10.3. The molecular formula is C27H25N10+. The summed E-state index contributed by atoms with van der Waals surface area (Å²) < 4.78 is 1.76. The van der Waals surface area contributed by atoms with Crippen LogP contribution in [-0.2, 0) is 0 Å². The van der Waals surface area contributed by atoms with E-state index in [4.69, 9.17) is 15.4 Å². The van der Waals surface area contributed by atoms with Crippen LogP contribution in [-0.4, -0.2) is 33.1 Å². The summed E-state index contributed by atoms with van der Waals surface area (Å²) in [6.45, 7) is 0. The Kier molecular flexibility index (Phi) is 5.89. The maximum absolute atomic E-state index is 4.84. The minimum atomic E-state index is 0.520. The van der Waals surface area contributed by atoms with Crippen molar-refractivity contribution in [3.8, 4) is 11.4 Å². The standard InChI is InChI=1S/C27H25N10/c1-33(27-30-37(25-20-12-5-13-21-25)32-35(27)23-16-8-3-9-17-23)28-26-29-36(24-18-10-4-11-19-24)31-34(26)22-14-6-2-7-15-22/h2-21,32H,1H3,(H,28,29,31)/q+1. The quantitative estimate of drug-likeness (QED) is 0.279. The van der Waals surface area contributed by atoms with Gasteiger partial charge in [-0.05, 0) is 53.3 Å². The minimum absolute atomic E-state index is 0.520. The molecule has 0 bridgehead atoms. The highest BCUT2D eigenvalue weighted by atomic mass is 15.9. The summed E-state index contributed by atoms with van der Waals surface area (Å²) in [4.78, 5) is 1.60. The number of anilines is 3. The van der Waals surface area contributed by atoms with E-state index < -0.39 is 0 Å². The van der Waals surface area contributed by atoms with Gasteiger partial charge in [-0.2, -0.15) is 10.5 Å². The van der Waals surface area contributed by atoms with E-state index in [1.165, 1.54) is 0 Å². The molecule has 1 aromatic heterocycles. The molecule has 0 fully saturated rings. The number of rotatable bonds is 6. The van der Waals surface area contributed by atoms with Crippen LogP contribution in [0.15, 0.2) is 126 Å². The van der Waals surface area contributed by atoms with Gasteiger partial charge in [-0.1, -0.05) is 77.5 Å². The van der Waals surface area contributed by atoms with Crippen LogP contribution in [0.3, 0.4) is 0 Å². The molecule has 5 aromatic rings. The molecule has 6 rings (SSSR count). The topological polar surface area (TPSA) is 80.7 Å². The molecule has 0 saturated carbocycles. The van der Waals surface area contributed by atoms with Crippen molar-refractivity contribution >= 4 is 23.3 Å². The van der Waals surface area contributed by atoms with Gasteiger partial charge in [-0.15, -0.1) is 10.6 Å². The number of hydrazine groups is 3. The molecule has 4 aromatic carbocycles. The molecular weight excluding hydrogens is 464 g/mol. The Hall–Kier alpha value is -5.22. The van der Waals surface area contributed by atoms with Crippen LogP contribution in [0.1, 0.15) is 0 Å². The lowest BCUT2D eigenvalue weighted by molar-refractivity contribution is -0.648. The fraction of sp³-hybridized carbons (Fsp3) is 0.0370. The van der Waals surface area contributed by atoms with Crippen LogP contribution >= 0.6 is 0 Å². The van der Waals surface area contributed by atoms with E-state index in [0.717, 1.165) is 22.7 Å². The third-order valence-corrected chi connectivity index (χ3v) is 5.72. The number of nitrogens with zero attached hydrogens (tertiary/aromatic N) is 8. The van der Waals surface area contributed by atoms with E-state index in [1.807, 2.05) is 138 Å². The molecule has 0 atom stereocenters. The number of hydrogen-bond acceptors (Lipinski definition) is 8. The molecule has 0 unspecified atom stereocenters. The highest BCUT2D eigenvalue weighted by molar-refractivity contribution is 5.98. The summed E-state index contributed by atoms with van der Waals surface area (Å²) in [7, 11) is 1.89. The third-order valence-electron chi connectivity index (χ3n) is 5.72. The van der Waals surface area contributed by atoms with Crippen LogP contribution in [0.2, 0.25) is 0 Å². The number of hydrazone groups is 1. The number of benzene rings is 4. The largest absolute Gasteiger partial charge is 0.424 e. The van der Waals surface area contributed by atoms with E-state index in [0.29, 0.717) is 11.9 Å². The van der Waals surface area contributed by atoms with Crippen molar-refractivity contribution in [1.29, 1.82) is 0 Å². The Morgan fingerprint density at radius 1 is 0.703 bits per heavy atom. The zero-order chi connectivity index (χ0) is 25.0. The fourth-order valence-electron chi connectivity index (χ4n) is 3.91. The number of tetrazole rings is 1. The Balaban J connectivity index is 1.37. The summed E-state index contributed by atoms with van der Waals surface area (Å²) in [5.41, 5.74) is 10.3. The maximum atomic E-state index is 4.84. The molecule has 10 heteroatoms. The van der Waals surface area contributed by atoms with Crippen molar-refractivity contribution in [3.05, 3.63) is 121 Å². The van der Waals surface area contributed by atoms with Crippen LogP contribution in [0.25, 0.3) is 11.4 Å². The molecule has 0 aliphatic carbocycles. The van der Waals surface area contributed by atoms with Crippen molar-refractivity contribution in [3.63, 3.8) is 0 Å². The second kappa shape index (κ2) is 9.80. The first-order valence-corrected chi connectivity index (χ1v) is 11.8. The van der Waals surface area contributed by atoms with Crippen molar-refractivity contribution in [1.82, 2.24) is 25.7 Å². The first-order valence-electron chi connectivity index (χ1n) is 11.8. The number of nitrogens with one attached hydrogen (secondary N) is 2. The highest BCUT2D eigenvalue weighted by Crippen LogP contribution is 2.22. The minimum Gasteiger partial charge on any atom is -0.222 e. The number of aromatic nitrogens is 4. The average molecular weight is 490 g/mol. The molecule has 10 nitrogen and oxygen atoms in total. The average Bonchev–Trinajstić information content (AvgIpc) is 3.60. The van der Waals surface area contributed by atoms with Gasteiger partial charge in [0.15, 0.2) is 0 Å². The first-order chi connectivity index (χ1) is 18.3. The number of para-hydroxylation sites is 4. The fourth-order valence-corrected chi connectivity index (χ4v) is 3.91. The lowest BCUT2D eigenvalue weighted by Gasteiger charge is -2.25. The predicted molar refractivity (Wildman–Crippen MR) is 143 cm³/mol. The van der Waals surface area contributed by atoms with E-state index in [2.05, 4.69) is 11.0 Å². The first kappa shape index (κ1) is 22.3. The molecule has 0 saturated heterocycles. The van der Waals surface area contributed by atoms with Gasteiger partial charge >= 0.3 is 5.95 Å². The SMILES string of the molecule is CN(Nc1nn(-c2ccccc2)n[n+]1-c1ccccc1)C1=NN(c2ccccc2)NN1c1ccccc1. The molecule has 2 N–H and O–H groups in total. The Morgan fingerprint density at radius 2 is 1.24 bits per heavy atom. The van der Waals surface area contributed by atoms with Gasteiger partial charge in [0, 0.05) is 12.3 Å². The second-order valence-corrected chi connectivity index (χ2v) is 8.27. The normalized spacial score (nSPS) is 12.9. The molecule has 2 heterocycles. The highest BCUT2D eigenvalue weighted by Gasteiger charge is 2.31. The van der Waals surface area contributed by atoms with Crippen molar-refractivity contribution in [2.24, 2.45) is 5.10 Å². The zero-order valence-electron chi connectivity index (χ0n) is 20.1. The van der Waals surface area contributed by atoms with Crippen LogP contribution < -0.4 is 25.8 Å². The zero-order valence-corrected chi connectivity index (χ0v) is 20.1. The third kappa shape index (κ3) is 4.56. The van der Waals surface area contributed by atoms with Gasteiger partial charge in [0.1, 0.15) is 11.4 Å². The lowest BCUT2D eigenvalue weighted by Crippen LogP contribution is -2.51. The number of guanidine groups is 1. The Bertz CT molecular complexity index is 1490. The van der Waals surface area contributed by atoms with E-state index in [9.17, 15) is 0 Å². The Morgan fingerprint density at radius 3 is 1.86 bits per heavy atom. The molecule has 37 heavy (non-hydrogen) atoms. The van der Waals surface area contributed by atoms with Gasteiger partial charge in [0.05, 0.1) is 16.5 Å². The summed E-state index contributed by atoms with van der Waals surface area (Å²) in [5, 5.41) is 19.8. The van der Waals surface area contributed by atoms with Crippen LogP contribution in [0.4, 0.5) is 17.3 Å². The van der Waals surface area contributed by atoms with E-state index in [1.54, 1.807) is 14.6 Å². The Labute approximate surface area is 214 Å². The van der Waals surface area contributed by atoms with Crippen molar-refractivity contribution < 1.29 is 4.68 Å². The summed E-state index contributed by atoms with van der Waals surface area (Å²) in [5.74, 6) is 1.13. The van der Waals surface area contributed by atoms with Gasteiger partial charge < -0.3 is 0 Å². The number of hydrogen-bond donors (Lipinski definition) is 2. The summed E-state index contributed by atoms with van der Waals surface area (Å²) in [6, 6.07) is 39.6. The molecule has 1 aliphatic rings. The van der Waals surface area contributed by atoms with Gasteiger partial charge in [-0.25, -0.2) is 10.0 Å². The summed E-state index contributed by atoms with van der Waals surface area (Å²) >= 11 is 0. The van der Waals surface area contributed by atoms with Gasteiger partial charge in [-0.3, -0.25) is 0 Å². The van der Waals surface area contributed by atoms with Crippen molar-refractivity contribution in [2.45, 2.75) is 0 Å². The second-order valence-electron chi connectivity index (χ2n) is 8.27. The smallest absolute Gasteiger partial charge is 0.222 e. The maximum Gasteiger partial charge on any atom is 0.424 e.